The molecule has 0 aromatic heterocycles. The van der Waals surface area contributed by atoms with Crippen LogP contribution >= 0.6 is 0 Å². The molecular formula is C24H24N2O3. The number of benzene rings is 3. The summed E-state index contributed by atoms with van der Waals surface area (Å²) in [5.41, 5.74) is 10.3. The highest BCUT2D eigenvalue weighted by Gasteiger charge is 2.51. The van der Waals surface area contributed by atoms with Crippen LogP contribution in [-0.4, -0.2) is 12.7 Å². The zero-order valence-corrected chi connectivity index (χ0v) is 16.0. The Hall–Kier alpha value is -3.31. The van der Waals surface area contributed by atoms with Gasteiger partial charge in [-0.1, -0.05) is 36.4 Å². The quantitative estimate of drug-likeness (QED) is 0.677. The van der Waals surface area contributed by atoms with Crippen LogP contribution in [0.4, 0.5) is 5.69 Å². The van der Waals surface area contributed by atoms with Gasteiger partial charge >= 0.3 is 0 Å². The molecule has 0 saturated heterocycles. The minimum absolute atomic E-state index is 0. The first kappa shape index (κ1) is 17.8. The van der Waals surface area contributed by atoms with Crippen molar-refractivity contribution >= 4 is 11.6 Å². The van der Waals surface area contributed by atoms with Crippen LogP contribution in [0.3, 0.4) is 0 Å². The lowest BCUT2D eigenvalue weighted by Gasteiger charge is -2.16. The Morgan fingerprint density at radius 1 is 0.966 bits per heavy atom. The smallest absolute Gasteiger partial charge is 0.235 e. The van der Waals surface area contributed by atoms with Crippen LogP contribution in [0.2, 0.25) is 0 Å². The Labute approximate surface area is 170 Å². The van der Waals surface area contributed by atoms with Crippen molar-refractivity contribution in [3.8, 4) is 22.6 Å². The van der Waals surface area contributed by atoms with E-state index < -0.39 is 5.41 Å². The topological polar surface area (TPSA) is 73.6 Å². The molecule has 0 bridgehead atoms. The monoisotopic (exact) mass is 388 g/mol. The Bertz CT molecular complexity index is 1080. The van der Waals surface area contributed by atoms with E-state index in [1.807, 2.05) is 54.6 Å². The van der Waals surface area contributed by atoms with Gasteiger partial charge in [0.15, 0.2) is 11.5 Å². The van der Waals surface area contributed by atoms with Crippen molar-refractivity contribution in [3.05, 3.63) is 77.9 Å². The number of anilines is 1. The van der Waals surface area contributed by atoms with Crippen molar-refractivity contribution in [3.63, 3.8) is 0 Å². The highest BCUT2D eigenvalue weighted by atomic mass is 16.7. The summed E-state index contributed by atoms with van der Waals surface area (Å²) in [6.07, 6.45) is 1.67. The number of rotatable bonds is 5. The van der Waals surface area contributed by atoms with E-state index >= 15 is 0 Å². The lowest BCUT2D eigenvalue weighted by atomic mass is 9.94. The molecule has 0 unspecified atom stereocenters. The lowest BCUT2D eigenvalue weighted by Crippen LogP contribution is -2.27. The Balaban J connectivity index is 0.00000218. The molecule has 3 N–H and O–H groups in total. The van der Waals surface area contributed by atoms with Crippen LogP contribution in [-0.2, 0) is 16.8 Å². The summed E-state index contributed by atoms with van der Waals surface area (Å²) in [6, 6.07) is 21.9. The normalized spacial score (nSPS) is 15.8. The second-order valence-corrected chi connectivity index (χ2v) is 7.59. The summed E-state index contributed by atoms with van der Waals surface area (Å²) >= 11 is 0. The van der Waals surface area contributed by atoms with Crippen LogP contribution < -0.4 is 20.5 Å². The van der Waals surface area contributed by atoms with Crippen LogP contribution in [0, 0.1) is 0 Å². The maximum Gasteiger partial charge on any atom is 0.235 e. The van der Waals surface area contributed by atoms with Crippen molar-refractivity contribution in [2.45, 2.75) is 24.8 Å². The van der Waals surface area contributed by atoms with E-state index in [0.29, 0.717) is 12.3 Å². The molecule has 2 aliphatic rings. The van der Waals surface area contributed by atoms with Gasteiger partial charge in [-0.2, -0.15) is 0 Å². The summed E-state index contributed by atoms with van der Waals surface area (Å²) in [4.78, 5) is 13.0. The third-order valence-corrected chi connectivity index (χ3v) is 5.75. The maximum absolute atomic E-state index is 13.0. The number of hydrogen-bond acceptors (Lipinski definition) is 4. The van der Waals surface area contributed by atoms with E-state index in [9.17, 15) is 4.79 Å². The third kappa shape index (κ3) is 3.23. The highest BCUT2D eigenvalue weighted by Crippen LogP contribution is 2.51. The molecule has 5 nitrogen and oxygen atoms in total. The number of amides is 1. The van der Waals surface area contributed by atoms with Gasteiger partial charge in [0, 0.05) is 13.7 Å². The number of nitrogens with two attached hydrogens (primary N) is 1. The predicted molar refractivity (Wildman–Crippen MR) is 114 cm³/mol. The molecule has 3 aromatic carbocycles. The van der Waals surface area contributed by atoms with E-state index in [1.165, 1.54) is 0 Å². The van der Waals surface area contributed by atoms with Crippen molar-refractivity contribution in [2.75, 3.05) is 12.1 Å². The molecule has 148 valence electrons. The third-order valence-electron chi connectivity index (χ3n) is 5.75. The maximum atomic E-state index is 13.0. The van der Waals surface area contributed by atoms with Gasteiger partial charge in [0.2, 0.25) is 12.7 Å². The van der Waals surface area contributed by atoms with Gasteiger partial charge in [-0.25, -0.2) is 0 Å². The molecular weight excluding hydrogens is 364 g/mol. The fraction of sp³-hybridized carbons (Fsp3) is 0.208. The number of hydrogen-bond donors (Lipinski definition) is 2. The molecule has 1 aliphatic carbocycles. The van der Waals surface area contributed by atoms with E-state index in [2.05, 4.69) is 17.4 Å². The number of carbonyl (C=O) groups is 1. The van der Waals surface area contributed by atoms with Crippen LogP contribution in [0.5, 0.6) is 11.5 Å². The summed E-state index contributed by atoms with van der Waals surface area (Å²) in [5.74, 6) is 1.47. The predicted octanol–water partition coefficient (Wildman–Crippen LogP) is 4.46. The average molecular weight is 388 g/mol. The molecule has 1 fully saturated rings. The minimum Gasteiger partial charge on any atom is -0.454 e. The van der Waals surface area contributed by atoms with Crippen molar-refractivity contribution in [2.24, 2.45) is 5.73 Å². The van der Waals surface area contributed by atoms with Gasteiger partial charge in [-0.15, -0.1) is 0 Å². The Morgan fingerprint density at radius 3 is 2.52 bits per heavy atom. The first-order valence-corrected chi connectivity index (χ1v) is 9.79. The largest absolute Gasteiger partial charge is 0.454 e. The number of carbonyl (C=O) groups excluding carboxylic acids is 1. The molecule has 0 spiro atoms. The minimum atomic E-state index is -0.477. The van der Waals surface area contributed by atoms with Gasteiger partial charge in [0.1, 0.15) is 0 Å². The SMILES string of the molecule is NCc1cccc(-c2ccc(NC(=O)C3(c4ccc5c(c4)OCO5)CC3)cc2)c1.[HH]. The molecule has 0 radical (unpaired) electrons. The van der Waals surface area contributed by atoms with Crippen molar-refractivity contribution in [1.29, 1.82) is 0 Å². The summed E-state index contributed by atoms with van der Waals surface area (Å²) in [6.45, 7) is 0.752. The zero-order chi connectivity index (χ0) is 19.8. The molecule has 5 rings (SSSR count). The molecule has 0 atom stereocenters. The van der Waals surface area contributed by atoms with Crippen LogP contribution in [0.25, 0.3) is 11.1 Å². The first-order valence-electron chi connectivity index (χ1n) is 9.79. The second kappa shape index (κ2) is 6.94. The van der Waals surface area contributed by atoms with Gasteiger partial charge in [0.05, 0.1) is 5.41 Å². The molecule has 1 saturated carbocycles. The van der Waals surface area contributed by atoms with Gasteiger partial charge < -0.3 is 20.5 Å². The van der Waals surface area contributed by atoms with Gasteiger partial charge in [0.25, 0.3) is 0 Å². The number of fused-ring (bicyclic) bond motifs is 1. The summed E-state index contributed by atoms with van der Waals surface area (Å²) < 4.78 is 10.8. The molecule has 1 heterocycles. The molecule has 29 heavy (non-hydrogen) atoms. The fourth-order valence-electron chi connectivity index (χ4n) is 3.84. The number of nitrogens with one attached hydrogen (secondary N) is 1. The van der Waals surface area contributed by atoms with E-state index in [1.54, 1.807) is 0 Å². The second-order valence-electron chi connectivity index (χ2n) is 7.59. The Morgan fingerprint density at radius 2 is 1.76 bits per heavy atom. The van der Waals surface area contributed by atoms with E-state index in [4.69, 9.17) is 15.2 Å². The zero-order valence-electron chi connectivity index (χ0n) is 16.0. The van der Waals surface area contributed by atoms with Crippen molar-refractivity contribution < 1.29 is 15.7 Å². The van der Waals surface area contributed by atoms with Crippen LogP contribution in [0.1, 0.15) is 25.4 Å². The van der Waals surface area contributed by atoms with E-state index in [-0.39, 0.29) is 14.1 Å². The molecule has 5 heteroatoms. The average Bonchev–Trinajstić information content (AvgIpc) is 3.45. The number of ether oxygens (including phenoxy) is 2. The van der Waals surface area contributed by atoms with Gasteiger partial charge in [-0.3, -0.25) is 4.79 Å². The van der Waals surface area contributed by atoms with Crippen LogP contribution in [0.15, 0.2) is 66.7 Å². The highest BCUT2D eigenvalue weighted by molar-refractivity contribution is 6.01. The molecule has 3 aromatic rings. The standard InChI is InChI=1S/C24H22N2O3.H2/c25-14-16-2-1-3-18(12-16)17-4-7-20(8-5-17)26-23(27)24(10-11-24)19-6-9-21-22(13-19)29-15-28-21;/h1-9,12-13H,10-11,14-15,25H2,(H,26,27);1H. The fourth-order valence-corrected chi connectivity index (χ4v) is 3.84. The first-order chi connectivity index (χ1) is 14.2. The van der Waals surface area contributed by atoms with Crippen molar-refractivity contribution in [1.82, 2.24) is 0 Å². The molecule has 1 amide bonds. The lowest BCUT2D eigenvalue weighted by molar-refractivity contribution is -0.118. The molecule has 1 aliphatic heterocycles. The van der Waals surface area contributed by atoms with E-state index in [0.717, 1.165) is 46.5 Å². The summed E-state index contributed by atoms with van der Waals surface area (Å²) in [7, 11) is 0. The Kier molecular flexibility index (Phi) is 4.25. The summed E-state index contributed by atoms with van der Waals surface area (Å²) in [5, 5.41) is 3.08. The van der Waals surface area contributed by atoms with Gasteiger partial charge in [-0.05, 0) is 65.4 Å².